The molecule has 0 aromatic heterocycles. The van der Waals surface area contributed by atoms with E-state index in [1.165, 1.54) is 31.2 Å². The summed E-state index contributed by atoms with van der Waals surface area (Å²) in [6, 6.07) is 39.5. The fourth-order valence-corrected chi connectivity index (χ4v) is 7.48. The summed E-state index contributed by atoms with van der Waals surface area (Å²) in [6.07, 6.45) is 0. The van der Waals surface area contributed by atoms with Gasteiger partial charge in [0.1, 0.15) is 11.3 Å². The fourth-order valence-electron chi connectivity index (χ4n) is 4.74. The van der Waals surface area contributed by atoms with Gasteiger partial charge in [0.05, 0.1) is 0 Å². The van der Waals surface area contributed by atoms with E-state index in [-0.39, 0.29) is 21.5 Å². The molecule has 6 heteroatoms. The average Bonchev–Trinajstić information content (AvgIpc) is 2.99. The van der Waals surface area contributed by atoms with Gasteiger partial charge in [-0.1, -0.05) is 86.8 Å². The molecule has 0 amide bonds. The SMILES string of the molecule is CC(C)(C)c1ccc(Sc2ccc(Sc3ccc(-c4ccc(SC(C)(C)c5ccc(O)c(C(=O)O)c5)cc4)cc3)cc2)cc1. The van der Waals surface area contributed by atoms with Crippen molar-refractivity contribution in [1.29, 1.82) is 0 Å². The molecule has 0 saturated carbocycles. The Kier molecular flexibility index (Phi) is 9.54. The van der Waals surface area contributed by atoms with E-state index in [0.717, 1.165) is 21.6 Å². The number of aromatic carboxylic acids is 1. The maximum absolute atomic E-state index is 11.5. The minimum Gasteiger partial charge on any atom is -0.507 e. The molecule has 0 bridgehead atoms. The van der Waals surface area contributed by atoms with Crippen LogP contribution in [0, 0.1) is 0 Å². The molecule has 0 aliphatic rings. The molecule has 0 aliphatic carbocycles. The number of carboxylic acids is 1. The maximum atomic E-state index is 11.5. The van der Waals surface area contributed by atoms with Gasteiger partial charge >= 0.3 is 5.97 Å². The van der Waals surface area contributed by atoms with Crippen LogP contribution in [0.15, 0.2) is 140 Å². The van der Waals surface area contributed by atoms with Crippen LogP contribution in [-0.4, -0.2) is 16.2 Å². The molecule has 0 unspecified atom stereocenters. The quantitative estimate of drug-likeness (QED) is 0.157. The molecular formula is C38H36O3S3. The molecule has 0 saturated heterocycles. The molecule has 0 heterocycles. The van der Waals surface area contributed by atoms with Crippen LogP contribution in [0.2, 0.25) is 0 Å². The zero-order valence-corrected chi connectivity index (χ0v) is 27.9. The van der Waals surface area contributed by atoms with E-state index in [1.54, 1.807) is 47.4 Å². The lowest BCUT2D eigenvalue weighted by molar-refractivity contribution is 0.0693. The molecule has 0 aliphatic heterocycles. The second kappa shape index (κ2) is 13.2. The van der Waals surface area contributed by atoms with Crippen molar-refractivity contribution < 1.29 is 15.0 Å². The van der Waals surface area contributed by atoms with Crippen molar-refractivity contribution in [2.75, 3.05) is 0 Å². The van der Waals surface area contributed by atoms with Gasteiger partial charge in [-0.05, 0) is 114 Å². The van der Waals surface area contributed by atoms with Gasteiger partial charge in [0.15, 0.2) is 0 Å². The fraction of sp³-hybridized carbons (Fsp3) is 0.184. The monoisotopic (exact) mass is 636 g/mol. The molecule has 2 N–H and O–H groups in total. The van der Waals surface area contributed by atoms with E-state index in [0.29, 0.717) is 0 Å². The van der Waals surface area contributed by atoms with Crippen LogP contribution in [0.25, 0.3) is 11.1 Å². The molecule has 5 aromatic carbocycles. The first-order chi connectivity index (χ1) is 20.9. The van der Waals surface area contributed by atoms with Crippen LogP contribution >= 0.6 is 35.3 Å². The van der Waals surface area contributed by atoms with Crippen LogP contribution in [0.3, 0.4) is 0 Å². The van der Waals surface area contributed by atoms with E-state index in [4.69, 9.17) is 0 Å². The highest BCUT2D eigenvalue weighted by atomic mass is 32.2. The zero-order valence-electron chi connectivity index (χ0n) is 25.5. The van der Waals surface area contributed by atoms with Crippen molar-refractivity contribution in [2.45, 2.75) is 69.3 Å². The lowest BCUT2D eigenvalue weighted by Gasteiger charge is -2.25. The van der Waals surface area contributed by atoms with Gasteiger partial charge in [0, 0.05) is 29.2 Å². The standard InChI is InChI=1S/C38H36O3S3/c1-37(2,3)27-10-17-30(18-11-27)43-32-21-19-31(20-22-32)42-29-13-6-25(7-14-29)26-8-15-33(16-9-26)44-38(4,5)28-12-23-35(39)34(24-28)36(40)41/h6-24,39H,1-5H3,(H,40,41). The first kappa shape index (κ1) is 31.8. The summed E-state index contributed by atoms with van der Waals surface area (Å²) in [5, 5.41) is 19.3. The summed E-state index contributed by atoms with van der Waals surface area (Å²) in [5.74, 6) is -1.36. The topological polar surface area (TPSA) is 57.5 Å². The molecule has 3 nitrogen and oxygen atoms in total. The van der Waals surface area contributed by atoms with Crippen molar-refractivity contribution in [3.63, 3.8) is 0 Å². The van der Waals surface area contributed by atoms with E-state index in [9.17, 15) is 15.0 Å². The maximum Gasteiger partial charge on any atom is 0.339 e. The Balaban J connectivity index is 1.19. The Hall–Kier alpha value is -3.58. The number of benzene rings is 5. The lowest BCUT2D eigenvalue weighted by Crippen LogP contribution is -2.13. The van der Waals surface area contributed by atoms with Crippen molar-refractivity contribution in [3.8, 4) is 16.9 Å². The molecule has 5 rings (SSSR count). The third-order valence-corrected chi connectivity index (χ3v) is 10.6. The summed E-state index contributed by atoms with van der Waals surface area (Å²) >= 11 is 5.20. The van der Waals surface area contributed by atoms with Gasteiger partial charge in [0.2, 0.25) is 0 Å². The predicted molar refractivity (Wildman–Crippen MR) is 186 cm³/mol. The number of hydrogen-bond acceptors (Lipinski definition) is 5. The summed E-state index contributed by atoms with van der Waals surface area (Å²) in [4.78, 5) is 17.4. The molecule has 44 heavy (non-hydrogen) atoms. The molecule has 0 atom stereocenters. The van der Waals surface area contributed by atoms with Crippen molar-refractivity contribution in [2.24, 2.45) is 0 Å². The second-order valence-electron chi connectivity index (χ2n) is 12.1. The predicted octanol–water partition coefficient (Wildman–Crippen LogP) is 11.4. The Morgan fingerprint density at radius 3 is 1.36 bits per heavy atom. The lowest BCUT2D eigenvalue weighted by atomic mass is 9.87. The largest absolute Gasteiger partial charge is 0.507 e. The summed E-state index contributed by atoms with van der Waals surface area (Å²) < 4.78 is -0.382. The Morgan fingerprint density at radius 1 is 0.545 bits per heavy atom. The number of phenols is 1. The van der Waals surface area contributed by atoms with Crippen LogP contribution in [0.4, 0.5) is 0 Å². The van der Waals surface area contributed by atoms with Crippen molar-refractivity contribution in [1.82, 2.24) is 0 Å². The molecule has 5 aromatic rings. The molecule has 224 valence electrons. The van der Waals surface area contributed by atoms with Gasteiger partial charge in [-0.2, -0.15) is 0 Å². The summed E-state index contributed by atoms with van der Waals surface area (Å²) in [6.45, 7) is 10.8. The van der Waals surface area contributed by atoms with Crippen LogP contribution in [0.1, 0.15) is 56.1 Å². The van der Waals surface area contributed by atoms with Gasteiger partial charge in [-0.25, -0.2) is 4.79 Å². The van der Waals surface area contributed by atoms with Crippen LogP contribution in [0.5, 0.6) is 5.75 Å². The highest BCUT2D eigenvalue weighted by Gasteiger charge is 2.24. The number of carbonyl (C=O) groups is 1. The average molecular weight is 637 g/mol. The first-order valence-electron chi connectivity index (χ1n) is 14.4. The minimum atomic E-state index is -1.13. The minimum absolute atomic E-state index is 0.0815. The third kappa shape index (κ3) is 7.92. The molecule has 0 fully saturated rings. The smallest absolute Gasteiger partial charge is 0.339 e. The molecular weight excluding hydrogens is 601 g/mol. The third-order valence-electron chi connectivity index (χ3n) is 7.35. The van der Waals surface area contributed by atoms with Crippen molar-refractivity contribution in [3.05, 3.63) is 132 Å². The highest BCUT2D eigenvalue weighted by molar-refractivity contribution is 8.00. The molecule has 0 radical (unpaired) electrons. The first-order valence-corrected chi connectivity index (χ1v) is 16.8. The van der Waals surface area contributed by atoms with Gasteiger partial charge in [-0.3, -0.25) is 0 Å². The van der Waals surface area contributed by atoms with Gasteiger partial charge in [0.25, 0.3) is 0 Å². The van der Waals surface area contributed by atoms with Gasteiger partial charge in [-0.15, -0.1) is 11.8 Å². The molecule has 0 spiro atoms. The number of hydrogen-bond donors (Lipinski definition) is 2. The normalized spacial score (nSPS) is 11.8. The number of aromatic hydroxyl groups is 1. The zero-order chi connectivity index (χ0) is 31.5. The van der Waals surface area contributed by atoms with Crippen LogP contribution < -0.4 is 0 Å². The Morgan fingerprint density at radius 2 is 0.932 bits per heavy atom. The van der Waals surface area contributed by atoms with Gasteiger partial charge < -0.3 is 10.2 Å². The summed E-state index contributed by atoms with van der Waals surface area (Å²) in [5.41, 5.74) is 4.56. The Bertz CT molecular complexity index is 1730. The van der Waals surface area contributed by atoms with Crippen LogP contribution in [-0.2, 0) is 10.2 Å². The van der Waals surface area contributed by atoms with Crippen molar-refractivity contribution >= 4 is 41.3 Å². The number of rotatable bonds is 9. The van der Waals surface area contributed by atoms with E-state index in [1.807, 2.05) is 0 Å². The second-order valence-corrected chi connectivity index (χ2v) is 16.1. The highest BCUT2D eigenvalue weighted by Crippen LogP contribution is 2.42. The number of thioether (sulfide) groups is 1. The number of carboxylic acid groups (broad SMARTS) is 1. The van der Waals surface area contributed by atoms with E-state index in [2.05, 4.69) is 132 Å². The summed E-state index contributed by atoms with van der Waals surface area (Å²) in [7, 11) is 0. The Labute approximate surface area is 273 Å². The van der Waals surface area contributed by atoms with E-state index >= 15 is 0 Å². The van der Waals surface area contributed by atoms with E-state index < -0.39 is 5.97 Å².